The monoisotopic (exact) mass is 349 g/mol. The van der Waals surface area contributed by atoms with Gasteiger partial charge in [-0.05, 0) is 19.4 Å². The van der Waals surface area contributed by atoms with E-state index in [9.17, 15) is 19.5 Å². The maximum absolute atomic E-state index is 12.3. The number of carboxylic acids is 1. The minimum Gasteiger partial charge on any atom is -0.480 e. The van der Waals surface area contributed by atoms with Crippen molar-refractivity contribution in [3.63, 3.8) is 0 Å². The van der Waals surface area contributed by atoms with Crippen molar-refractivity contribution in [1.29, 1.82) is 0 Å². The maximum atomic E-state index is 12.3. The summed E-state index contributed by atoms with van der Waals surface area (Å²) in [7, 11) is 0. The Morgan fingerprint density at radius 1 is 1.33 bits per heavy atom. The Bertz CT molecular complexity index is 694. The van der Waals surface area contributed by atoms with Gasteiger partial charge in [-0.25, -0.2) is 4.79 Å². The highest BCUT2D eigenvalue weighted by molar-refractivity contribution is 8.01. The average Bonchev–Trinajstić information content (AvgIpc) is 2.80. The molecule has 2 aliphatic heterocycles. The van der Waals surface area contributed by atoms with Gasteiger partial charge in [0.2, 0.25) is 11.8 Å². The predicted molar refractivity (Wildman–Crippen MR) is 89.0 cm³/mol. The van der Waals surface area contributed by atoms with Crippen LogP contribution in [0.2, 0.25) is 0 Å². The third-order valence-electron chi connectivity index (χ3n) is 4.41. The van der Waals surface area contributed by atoms with Gasteiger partial charge in [-0.2, -0.15) is 0 Å². The van der Waals surface area contributed by atoms with E-state index in [4.69, 9.17) is 5.73 Å². The Labute approximate surface area is 143 Å². The fourth-order valence-electron chi connectivity index (χ4n) is 3.20. The number of carbonyl (C=O) groups is 3. The number of nitrogens with one attached hydrogen (secondary N) is 1. The van der Waals surface area contributed by atoms with Gasteiger partial charge < -0.3 is 21.1 Å². The second kappa shape index (κ2) is 5.78. The maximum Gasteiger partial charge on any atom is 0.327 e. The molecule has 2 saturated heterocycles. The zero-order chi connectivity index (χ0) is 17.6. The van der Waals surface area contributed by atoms with E-state index in [1.54, 1.807) is 38.1 Å². The lowest BCUT2D eigenvalue weighted by atomic mass is 9.95. The second-order valence-electron chi connectivity index (χ2n) is 6.47. The van der Waals surface area contributed by atoms with Crippen LogP contribution in [-0.2, 0) is 14.4 Å². The van der Waals surface area contributed by atoms with Crippen LogP contribution in [0.5, 0.6) is 0 Å². The molecule has 0 aliphatic carbocycles. The molecule has 24 heavy (non-hydrogen) atoms. The molecule has 4 N–H and O–H groups in total. The van der Waals surface area contributed by atoms with Crippen LogP contribution in [0.3, 0.4) is 0 Å². The molecule has 2 heterocycles. The SMILES string of the molecule is CC1(C)S[C@@H]2[C@H](NC(=O)C(N)c3ccccc3)C(=O)N2C1C(=O)O. The van der Waals surface area contributed by atoms with Crippen LogP contribution >= 0.6 is 11.8 Å². The average molecular weight is 349 g/mol. The van der Waals surface area contributed by atoms with Crippen molar-refractivity contribution in [2.24, 2.45) is 5.73 Å². The van der Waals surface area contributed by atoms with Gasteiger partial charge in [0.05, 0.1) is 0 Å². The number of amides is 2. The zero-order valence-electron chi connectivity index (χ0n) is 13.3. The Morgan fingerprint density at radius 2 is 1.96 bits per heavy atom. The summed E-state index contributed by atoms with van der Waals surface area (Å²) in [5, 5.41) is 11.7. The molecule has 2 amide bonds. The molecule has 3 rings (SSSR count). The number of hydrogen-bond acceptors (Lipinski definition) is 5. The number of rotatable bonds is 4. The molecule has 2 unspecified atom stereocenters. The van der Waals surface area contributed by atoms with E-state index in [2.05, 4.69) is 5.32 Å². The first-order chi connectivity index (χ1) is 11.2. The Kier molecular flexibility index (Phi) is 4.05. The molecule has 0 spiro atoms. The molecular formula is C16H19N3O4S. The summed E-state index contributed by atoms with van der Waals surface area (Å²) in [5.74, 6) is -1.86. The Morgan fingerprint density at radius 3 is 2.54 bits per heavy atom. The summed E-state index contributed by atoms with van der Waals surface area (Å²) >= 11 is 1.38. The number of carboxylic acid groups (broad SMARTS) is 1. The summed E-state index contributed by atoms with van der Waals surface area (Å²) in [5.41, 5.74) is 6.59. The van der Waals surface area contributed by atoms with Crippen LogP contribution in [0.15, 0.2) is 30.3 Å². The third kappa shape index (κ3) is 2.55. The minimum absolute atomic E-state index is 0.375. The Hall–Kier alpha value is -2.06. The van der Waals surface area contributed by atoms with Gasteiger partial charge in [-0.3, -0.25) is 9.59 Å². The van der Waals surface area contributed by atoms with Gasteiger partial charge in [0.15, 0.2) is 0 Å². The van der Waals surface area contributed by atoms with Gasteiger partial charge in [-0.1, -0.05) is 30.3 Å². The van der Waals surface area contributed by atoms with E-state index in [0.29, 0.717) is 5.56 Å². The van der Waals surface area contributed by atoms with Crippen LogP contribution in [0.25, 0.3) is 0 Å². The molecule has 1 aromatic rings. The number of thioether (sulfide) groups is 1. The van der Waals surface area contributed by atoms with Gasteiger partial charge in [0.1, 0.15) is 23.5 Å². The molecular weight excluding hydrogens is 330 g/mol. The van der Waals surface area contributed by atoms with Crippen LogP contribution in [-0.4, -0.2) is 50.0 Å². The van der Waals surface area contributed by atoms with Gasteiger partial charge >= 0.3 is 5.97 Å². The molecule has 2 aliphatic rings. The number of fused-ring (bicyclic) bond motifs is 1. The molecule has 8 heteroatoms. The van der Waals surface area contributed by atoms with Crippen molar-refractivity contribution in [3.8, 4) is 0 Å². The summed E-state index contributed by atoms with van der Waals surface area (Å²) < 4.78 is -0.618. The molecule has 0 bridgehead atoms. The van der Waals surface area contributed by atoms with Crippen molar-refractivity contribution < 1.29 is 19.5 Å². The fraction of sp³-hybridized carbons (Fsp3) is 0.438. The lowest BCUT2D eigenvalue weighted by molar-refractivity contribution is -0.161. The number of nitrogens with zero attached hydrogens (tertiary/aromatic N) is 1. The first kappa shape index (κ1) is 16.8. The van der Waals surface area contributed by atoms with E-state index >= 15 is 0 Å². The predicted octanol–water partition coefficient (Wildman–Crippen LogP) is 0.318. The highest BCUT2D eigenvalue weighted by Crippen LogP contribution is 2.50. The summed E-state index contributed by atoms with van der Waals surface area (Å²) in [6.07, 6.45) is 0. The van der Waals surface area contributed by atoms with Crippen LogP contribution < -0.4 is 11.1 Å². The molecule has 128 valence electrons. The fourth-order valence-corrected chi connectivity index (χ4v) is 4.83. The van der Waals surface area contributed by atoms with Crippen LogP contribution in [0.1, 0.15) is 25.5 Å². The van der Waals surface area contributed by atoms with E-state index < -0.39 is 34.7 Å². The van der Waals surface area contributed by atoms with Crippen molar-refractivity contribution in [2.45, 2.75) is 42.1 Å². The molecule has 0 aromatic heterocycles. The number of benzene rings is 1. The van der Waals surface area contributed by atoms with Crippen molar-refractivity contribution in [3.05, 3.63) is 35.9 Å². The Balaban J connectivity index is 1.71. The summed E-state index contributed by atoms with van der Waals surface area (Å²) in [6.45, 7) is 3.58. The van der Waals surface area contributed by atoms with Gasteiger partial charge in [0, 0.05) is 4.75 Å². The second-order valence-corrected chi connectivity index (χ2v) is 8.24. The van der Waals surface area contributed by atoms with Gasteiger partial charge in [0.25, 0.3) is 0 Å². The first-order valence-electron chi connectivity index (χ1n) is 7.58. The van der Waals surface area contributed by atoms with Gasteiger partial charge in [-0.15, -0.1) is 11.8 Å². The first-order valence-corrected chi connectivity index (χ1v) is 8.45. The standard InChI is InChI=1S/C16H19N3O4S/c1-16(2)11(15(22)23)19-13(21)10(14(19)24-16)18-12(20)9(17)8-6-4-3-5-7-8/h3-7,9-11,14H,17H2,1-2H3,(H,18,20)(H,22,23)/t9?,10-,11?,14-/m1/s1. The molecule has 0 saturated carbocycles. The quantitative estimate of drug-likeness (QED) is 0.675. The topological polar surface area (TPSA) is 113 Å². The van der Waals surface area contributed by atoms with E-state index in [0.717, 1.165) is 0 Å². The van der Waals surface area contributed by atoms with E-state index in [1.165, 1.54) is 16.7 Å². The smallest absolute Gasteiger partial charge is 0.327 e. The zero-order valence-corrected chi connectivity index (χ0v) is 14.1. The molecule has 2 fully saturated rings. The number of aliphatic carboxylic acids is 1. The highest BCUT2D eigenvalue weighted by Gasteiger charge is 2.64. The summed E-state index contributed by atoms with van der Waals surface area (Å²) in [6, 6.07) is 6.38. The summed E-state index contributed by atoms with van der Waals surface area (Å²) in [4.78, 5) is 37.5. The van der Waals surface area contributed by atoms with Crippen molar-refractivity contribution >= 4 is 29.5 Å². The minimum atomic E-state index is -1.03. The number of carbonyl (C=O) groups excluding carboxylic acids is 2. The van der Waals surface area contributed by atoms with E-state index in [-0.39, 0.29) is 11.3 Å². The number of β-lactam (4-membered cyclic amide) rings is 1. The van der Waals surface area contributed by atoms with Crippen LogP contribution in [0.4, 0.5) is 0 Å². The normalized spacial score (nSPS) is 28.7. The molecule has 7 nitrogen and oxygen atoms in total. The van der Waals surface area contributed by atoms with Crippen molar-refractivity contribution in [2.75, 3.05) is 0 Å². The lowest BCUT2D eigenvalue weighted by Crippen LogP contribution is -2.71. The number of hydrogen-bond donors (Lipinski definition) is 3. The highest BCUT2D eigenvalue weighted by atomic mass is 32.2. The third-order valence-corrected chi connectivity index (χ3v) is 5.99. The molecule has 4 atom stereocenters. The van der Waals surface area contributed by atoms with Crippen LogP contribution in [0, 0.1) is 0 Å². The van der Waals surface area contributed by atoms with Crippen molar-refractivity contribution in [1.82, 2.24) is 10.2 Å². The molecule has 1 aromatic carbocycles. The lowest BCUT2D eigenvalue weighted by Gasteiger charge is -2.43. The largest absolute Gasteiger partial charge is 0.480 e. The number of nitrogens with two attached hydrogens (primary N) is 1. The van der Waals surface area contributed by atoms with E-state index in [1.807, 2.05) is 6.07 Å². The molecule has 0 radical (unpaired) electrons.